The Kier molecular flexibility index (Phi) is 3.19. The van der Waals surface area contributed by atoms with E-state index in [0.717, 1.165) is 29.5 Å². The van der Waals surface area contributed by atoms with Gasteiger partial charge in [-0.1, -0.05) is 18.2 Å². The number of piperidine rings is 1. The second-order valence-corrected chi connectivity index (χ2v) is 6.24. The molecule has 2 N–H and O–H groups in total. The first-order valence-electron chi connectivity index (χ1n) is 6.76. The summed E-state index contributed by atoms with van der Waals surface area (Å²) in [5.41, 5.74) is 6.80. The van der Waals surface area contributed by atoms with Crippen molar-refractivity contribution in [3.8, 4) is 0 Å². The zero-order chi connectivity index (χ0) is 13.4. The van der Waals surface area contributed by atoms with E-state index in [9.17, 15) is 4.79 Å². The summed E-state index contributed by atoms with van der Waals surface area (Å²) in [6.07, 6.45) is 3.41. The molecular weight excluding hydrogens is 256 g/mol. The average molecular weight is 274 g/mol. The van der Waals surface area contributed by atoms with Gasteiger partial charge in [-0.3, -0.25) is 4.79 Å². The van der Waals surface area contributed by atoms with E-state index in [1.807, 2.05) is 29.2 Å². The van der Waals surface area contributed by atoms with Gasteiger partial charge < -0.3 is 10.6 Å². The zero-order valence-corrected chi connectivity index (χ0v) is 11.9. The van der Waals surface area contributed by atoms with Crippen molar-refractivity contribution in [1.29, 1.82) is 0 Å². The SMILES string of the molecule is CC1CCCCN1C(=O)c1sc2ccccc2c1N. The molecule has 0 radical (unpaired) electrons. The minimum atomic E-state index is 0.103. The van der Waals surface area contributed by atoms with Crippen molar-refractivity contribution in [3.63, 3.8) is 0 Å². The number of nitrogen functional groups attached to an aromatic ring is 1. The molecule has 4 heteroatoms. The van der Waals surface area contributed by atoms with Gasteiger partial charge in [0.05, 0.1) is 5.69 Å². The first-order chi connectivity index (χ1) is 9.18. The van der Waals surface area contributed by atoms with Gasteiger partial charge in [-0.15, -0.1) is 11.3 Å². The molecular formula is C15H18N2OS. The molecule has 2 aromatic rings. The number of carbonyl (C=O) groups excluding carboxylic acids is 1. The Labute approximate surface area is 117 Å². The summed E-state index contributed by atoms with van der Waals surface area (Å²) < 4.78 is 1.09. The molecule has 0 spiro atoms. The maximum absolute atomic E-state index is 12.7. The van der Waals surface area contributed by atoms with E-state index >= 15 is 0 Å². The molecule has 3 rings (SSSR count). The predicted octanol–water partition coefficient (Wildman–Crippen LogP) is 3.50. The number of fused-ring (bicyclic) bond motifs is 1. The molecule has 1 saturated heterocycles. The van der Waals surface area contributed by atoms with Crippen LogP contribution in [0, 0.1) is 0 Å². The number of benzene rings is 1. The maximum Gasteiger partial charge on any atom is 0.266 e. The summed E-state index contributed by atoms with van der Waals surface area (Å²) >= 11 is 1.51. The molecule has 100 valence electrons. The first-order valence-corrected chi connectivity index (χ1v) is 7.58. The number of carbonyl (C=O) groups is 1. The van der Waals surface area contributed by atoms with Gasteiger partial charge in [0.2, 0.25) is 0 Å². The number of hydrogen-bond donors (Lipinski definition) is 1. The normalized spacial score (nSPS) is 19.8. The molecule has 0 saturated carbocycles. The number of anilines is 1. The van der Waals surface area contributed by atoms with Crippen LogP contribution in [0.3, 0.4) is 0 Å². The van der Waals surface area contributed by atoms with E-state index in [-0.39, 0.29) is 5.91 Å². The van der Waals surface area contributed by atoms with Crippen LogP contribution in [-0.2, 0) is 0 Å². The van der Waals surface area contributed by atoms with Crippen molar-refractivity contribution >= 4 is 33.0 Å². The van der Waals surface area contributed by atoms with E-state index in [0.29, 0.717) is 16.6 Å². The highest BCUT2D eigenvalue weighted by Gasteiger charge is 2.27. The van der Waals surface area contributed by atoms with Gasteiger partial charge in [0.1, 0.15) is 4.88 Å². The second-order valence-electron chi connectivity index (χ2n) is 5.18. The van der Waals surface area contributed by atoms with Crippen LogP contribution in [-0.4, -0.2) is 23.4 Å². The minimum absolute atomic E-state index is 0.103. The lowest BCUT2D eigenvalue weighted by molar-refractivity contribution is 0.0642. The molecule has 1 fully saturated rings. The highest BCUT2D eigenvalue weighted by molar-refractivity contribution is 7.21. The Morgan fingerprint density at radius 1 is 1.37 bits per heavy atom. The van der Waals surface area contributed by atoms with Gasteiger partial charge in [-0.2, -0.15) is 0 Å². The molecule has 19 heavy (non-hydrogen) atoms. The Bertz CT molecular complexity index is 620. The second kappa shape index (κ2) is 4.85. The van der Waals surface area contributed by atoms with Crippen LogP contribution in [0.5, 0.6) is 0 Å². The summed E-state index contributed by atoms with van der Waals surface area (Å²) in [7, 11) is 0. The summed E-state index contributed by atoms with van der Waals surface area (Å²) in [5.74, 6) is 0.103. The summed E-state index contributed by atoms with van der Waals surface area (Å²) in [6, 6.07) is 8.27. The highest BCUT2D eigenvalue weighted by atomic mass is 32.1. The van der Waals surface area contributed by atoms with Gasteiger partial charge >= 0.3 is 0 Å². The number of hydrogen-bond acceptors (Lipinski definition) is 3. The van der Waals surface area contributed by atoms with Gasteiger partial charge in [-0.05, 0) is 32.3 Å². The van der Waals surface area contributed by atoms with Gasteiger partial charge in [0, 0.05) is 22.7 Å². The summed E-state index contributed by atoms with van der Waals surface area (Å²) in [4.78, 5) is 15.3. The van der Waals surface area contributed by atoms with Crippen LogP contribution in [0.25, 0.3) is 10.1 Å². The molecule has 0 bridgehead atoms. The van der Waals surface area contributed by atoms with Crippen molar-refractivity contribution < 1.29 is 4.79 Å². The van der Waals surface area contributed by atoms with Gasteiger partial charge in [0.15, 0.2) is 0 Å². The summed E-state index contributed by atoms with van der Waals surface area (Å²) in [6.45, 7) is 2.98. The lowest BCUT2D eigenvalue weighted by Crippen LogP contribution is -2.41. The molecule has 1 amide bonds. The Morgan fingerprint density at radius 3 is 2.89 bits per heavy atom. The van der Waals surface area contributed by atoms with Crippen LogP contribution in [0.4, 0.5) is 5.69 Å². The molecule has 1 aliphatic heterocycles. The lowest BCUT2D eigenvalue weighted by Gasteiger charge is -2.33. The Balaban J connectivity index is 1.99. The lowest BCUT2D eigenvalue weighted by atomic mass is 10.0. The van der Waals surface area contributed by atoms with Crippen LogP contribution >= 0.6 is 11.3 Å². The van der Waals surface area contributed by atoms with Crippen molar-refractivity contribution in [1.82, 2.24) is 4.90 Å². The van der Waals surface area contributed by atoms with Crippen molar-refractivity contribution in [2.75, 3.05) is 12.3 Å². The van der Waals surface area contributed by atoms with Gasteiger partial charge in [0.25, 0.3) is 5.91 Å². The average Bonchev–Trinajstić information content (AvgIpc) is 2.77. The van der Waals surface area contributed by atoms with Crippen LogP contribution in [0.1, 0.15) is 35.9 Å². The monoisotopic (exact) mass is 274 g/mol. The Morgan fingerprint density at radius 2 is 2.16 bits per heavy atom. The Hall–Kier alpha value is -1.55. The smallest absolute Gasteiger partial charge is 0.266 e. The van der Waals surface area contributed by atoms with Crippen molar-refractivity contribution in [3.05, 3.63) is 29.1 Å². The predicted molar refractivity (Wildman–Crippen MR) is 80.6 cm³/mol. The molecule has 1 aromatic heterocycles. The van der Waals surface area contributed by atoms with Crippen LogP contribution in [0.2, 0.25) is 0 Å². The number of rotatable bonds is 1. The third-order valence-electron chi connectivity index (χ3n) is 3.89. The minimum Gasteiger partial charge on any atom is -0.397 e. The third kappa shape index (κ3) is 2.10. The van der Waals surface area contributed by atoms with Crippen molar-refractivity contribution in [2.24, 2.45) is 0 Å². The number of amides is 1. The molecule has 1 atom stereocenters. The number of thiophene rings is 1. The molecule has 3 nitrogen and oxygen atoms in total. The fourth-order valence-electron chi connectivity index (χ4n) is 2.75. The number of nitrogens with zero attached hydrogens (tertiary/aromatic N) is 1. The standard InChI is InChI=1S/C15H18N2OS/c1-10-6-4-5-9-17(10)15(18)14-13(16)11-7-2-3-8-12(11)19-14/h2-3,7-8,10H,4-6,9,16H2,1H3. The zero-order valence-electron chi connectivity index (χ0n) is 11.1. The van der Waals surface area contributed by atoms with E-state index < -0.39 is 0 Å². The van der Waals surface area contributed by atoms with Gasteiger partial charge in [-0.25, -0.2) is 0 Å². The van der Waals surface area contributed by atoms with Crippen LogP contribution in [0.15, 0.2) is 24.3 Å². The van der Waals surface area contributed by atoms with Crippen LogP contribution < -0.4 is 5.73 Å². The first kappa shape index (κ1) is 12.5. The van der Waals surface area contributed by atoms with E-state index in [2.05, 4.69) is 6.92 Å². The largest absolute Gasteiger partial charge is 0.397 e. The molecule has 1 unspecified atom stereocenters. The van der Waals surface area contributed by atoms with E-state index in [1.54, 1.807) is 0 Å². The molecule has 2 heterocycles. The fraction of sp³-hybridized carbons (Fsp3) is 0.400. The maximum atomic E-state index is 12.7. The molecule has 1 aromatic carbocycles. The fourth-order valence-corrected chi connectivity index (χ4v) is 3.83. The highest BCUT2D eigenvalue weighted by Crippen LogP contribution is 2.35. The quantitative estimate of drug-likeness (QED) is 0.865. The molecule has 1 aliphatic rings. The van der Waals surface area contributed by atoms with Crippen molar-refractivity contribution in [2.45, 2.75) is 32.2 Å². The summed E-state index contributed by atoms with van der Waals surface area (Å²) in [5, 5.41) is 1.00. The number of likely N-dealkylation sites (tertiary alicyclic amines) is 1. The topological polar surface area (TPSA) is 46.3 Å². The molecule has 0 aliphatic carbocycles. The third-order valence-corrected chi connectivity index (χ3v) is 5.07. The van der Waals surface area contributed by atoms with E-state index in [1.165, 1.54) is 17.8 Å². The number of nitrogens with two attached hydrogens (primary N) is 1. The van der Waals surface area contributed by atoms with E-state index in [4.69, 9.17) is 5.73 Å².